The van der Waals surface area contributed by atoms with Crippen molar-refractivity contribution in [3.63, 3.8) is 0 Å². The number of fused-ring (bicyclic) bond motifs is 1. The minimum atomic E-state index is 0.109. The molecule has 29 heavy (non-hydrogen) atoms. The molecule has 4 aliphatic rings. The first-order valence-corrected chi connectivity index (χ1v) is 11.8. The van der Waals surface area contributed by atoms with Crippen molar-refractivity contribution < 1.29 is 0 Å². The van der Waals surface area contributed by atoms with E-state index in [2.05, 4.69) is 25.8 Å². The fourth-order valence-corrected chi connectivity index (χ4v) is 6.04. The van der Waals surface area contributed by atoms with Crippen molar-refractivity contribution in [2.24, 2.45) is 5.41 Å². The van der Waals surface area contributed by atoms with Crippen LogP contribution < -0.4 is 10.5 Å². The zero-order chi connectivity index (χ0) is 19.4. The highest BCUT2D eigenvalue weighted by Crippen LogP contribution is 2.53. The highest BCUT2D eigenvalue weighted by molar-refractivity contribution is 7.13. The van der Waals surface area contributed by atoms with Gasteiger partial charge in [0.15, 0.2) is 5.13 Å². The van der Waals surface area contributed by atoms with Crippen LogP contribution in [0, 0.1) is 5.41 Å². The Hall–Kier alpha value is -1.99. The summed E-state index contributed by atoms with van der Waals surface area (Å²) in [5, 5.41) is 3.18. The number of H-pyrrole nitrogens is 1. The molecule has 1 aliphatic heterocycles. The SMILES string of the molecule is O=c1[nH]c(C2=C[C@H](N3CCN(c4nccs4)CC3)CC2)nc2c1CC1(CC2)CC1. The first-order valence-electron chi connectivity index (χ1n) is 10.9. The molecule has 7 heteroatoms. The van der Waals surface area contributed by atoms with Crippen molar-refractivity contribution in [3.8, 4) is 0 Å². The Morgan fingerprint density at radius 2 is 2.00 bits per heavy atom. The van der Waals surface area contributed by atoms with E-state index in [0.717, 1.165) is 74.1 Å². The number of aromatic nitrogens is 3. The second-order valence-corrected chi connectivity index (χ2v) is 10.0. The molecule has 1 spiro atoms. The van der Waals surface area contributed by atoms with Crippen molar-refractivity contribution in [2.75, 3.05) is 31.1 Å². The van der Waals surface area contributed by atoms with Crippen LogP contribution in [0.5, 0.6) is 0 Å². The smallest absolute Gasteiger partial charge is 0.254 e. The van der Waals surface area contributed by atoms with Crippen LogP contribution in [-0.4, -0.2) is 52.1 Å². The zero-order valence-corrected chi connectivity index (χ0v) is 17.5. The minimum Gasteiger partial charge on any atom is -0.346 e. The molecule has 6 rings (SSSR count). The predicted molar refractivity (Wildman–Crippen MR) is 115 cm³/mol. The van der Waals surface area contributed by atoms with Crippen LogP contribution in [0.4, 0.5) is 5.13 Å². The van der Waals surface area contributed by atoms with Gasteiger partial charge in [-0.3, -0.25) is 9.69 Å². The number of nitrogens with one attached hydrogen (secondary N) is 1. The number of hydrogen-bond acceptors (Lipinski definition) is 6. The van der Waals surface area contributed by atoms with Crippen LogP contribution in [0.3, 0.4) is 0 Å². The largest absolute Gasteiger partial charge is 0.346 e. The van der Waals surface area contributed by atoms with Gasteiger partial charge in [0, 0.05) is 49.4 Å². The molecular weight excluding hydrogens is 382 g/mol. The van der Waals surface area contributed by atoms with Gasteiger partial charge >= 0.3 is 0 Å². The molecule has 2 fully saturated rings. The van der Waals surface area contributed by atoms with E-state index >= 15 is 0 Å². The maximum atomic E-state index is 12.7. The summed E-state index contributed by atoms with van der Waals surface area (Å²) in [6.45, 7) is 4.18. The molecule has 6 nitrogen and oxygen atoms in total. The number of nitrogens with zero attached hydrogens (tertiary/aromatic N) is 4. The molecule has 2 aromatic heterocycles. The summed E-state index contributed by atoms with van der Waals surface area (Å²) in [5.41, 5.74) is 3.80. The Balaban J connectivity index is 1.17. The summed E-state index contributed by atoms with van der Waals surface area (Å²) in [6, 6.07) is 0.458. The molecule has 0 unspecified atom stereocenters. The Morgan fingerprint density at radius 1 is 1.14 bits per heavy atom. The molecule has 0 aromatic carbocycles. The third-order valence-corrected chi connectivity index (χ3v) is 8.21. The predicted octanol–water partition coefficient (Wildman–Crippen LogP) is 2.86. The molecule has 1 saturated carbocycles. The lowest BCUT2D eigenvalue weighted by Gasteiger charge is -2.37. The van der Waals surface area contributed by atoms with Crippen molar-refractivity contribution in [1.82, 2.24) is 19.9 Å². The lowest BCUT2D eigenvalue weighted by molar-refractivity contribution is 0.214. The van der Waals surface area contributed by atoms with Crippen molar-refractivity contribution in [1.29, 1.82) is 0 Å². The van der Waals surface area contributed by atoms with E-state index < -0.39 is 0 Å². The van der Waals surface area contributed by atoms with Gasteiger partial charge in [0.2, 0.25) is 0 Å². The van der Waals surface area contributed by atoms with Gasteiger partial charge in [-0.1, -0.05) is 6.08 Å². The molecule has 2 aromatic rings. The first kappa shape index (κ1) is 17.8. The molecule has 3 aliphatic carbocycles. The van der Waals surface area contributed by atoms with E-state index in [0.29, 0.717) is 11.5 Å². The summed E-state index contributed by atoms with van der Waals surface area (Å²) in [7, 11) is 0. The second kappa shape index (κ2) is 6.77. The molecular formula is C22H27N5OS. The third kappa shape index (κ3) is 3.24. The van der Waals surface area contributed by atoms with E-state index in [9.17, 15) is 4.79 Å². The summed E-state index contributed by atoms with van der Waals surface area (Å²) >= 11 is 1.72. The molecule has 1 saturated heterocycles. The van der Waals surface area contributed by atoms with Gasteiger partial charge in [0.05, 0.1) is 5.69 Å². The van der Waals surface area contributed by atoms with Crippen LogP contribution in [0.1, 0.15) is 49.2 Å². The molecule has 1 atom stereocenters. The van der Waals surface area contributed by atoms with Crippen molar-refractivity contribution in [3.05, 3.63) is 45.1 Å². The second-order valence-electron chi connectivity index (χ2n) is 9.15. The number of allylic oxidation sites excluding steroid dienone is 1. The summed E-state index contributed by atoms with van der Waals surface area (Å²) < 4.78 is 0. The number of anilines is 1. The van der Waals surface area contributed by atoms with E-state index in [-0.39, 0.29) is 5.56 Å². The van der Waals surface area contributed by atoms with Crippen LogP contribution >= 0.6 is 11.3 Å². The zero-order valence-electron chi connectivity index (χ0n) is 16.7. The average molecular weight is 410 g/mol. The lowest BCUT2D eigenvalue weighted by Crippen LogP contribution is -2.49. The monoisotopic (exact) mass is 409 g/mol. The summed E-state index contributed by atoms with van der Waals surface area (Å²) in [5.74, 6) is 0.824. The van der Waals surface area contributed by atoms with E-state index in [1.807, 2.05) is 11.6 Å². The van der Waals surface area contributed by atoms with Gasteiger partial charge in [0.25, 0.3) is 5.56 Å². The van der Waals surface area contributed by atoms with Gasteiger partial charge in [-0.25, -0.2) is 9.97 Å². The Kier molecular flexibility index (Phi) is 4.17. The van der Waals surface area contributed by atoms with Crippen LogP contribution in [-0.2, 0) is 12.8 Å². The topological polar surface area (TPSA) is 65.1 Å². The van der Waals surface area contributed by atoms with E-state index in [1.54, 1.807) is 11.3 Å². The maximum Gasteiger partial charge on any atom is 0.254 e. The maximum absolute atomic E-state index is 12.7. The van der Waals surface area contributed by atoms with Gasteiger partial charge < -0.3 is 9.88 Å². The van der Waals surface area contributed by atoms with Crippen LogP contribution in [0.25, 0.3) is 5.57 Å². The molecule has 152 valence electrons. The number of piperazine rings is 1. The molecule has 0 radical (unpaired) electrons. The van der Waals surface area contributed by atoms with Gasteiger partial charge in [0.1, 0.15) is 5.82 Å². The fraction of sp³-hybridized carbons (Fsp3) is 0.591. The first-order chi connectivity index (χ1) is 14.2. The standard InChI is InChI=1S/C22H27N5OS/c28-20-17-14-22(5-6-22)4-3-18(17)24-19(25-20)15-1-2-16(13-15)26-8-10-27(11-9-26)21-23-7-12-29-21/h7,12-13,16H,1-6,8-11,14H2,(H,24,25,28)/t16-/m1/s1. The molecule has 0 amide bonds. The Morgan fingerprint density at radius 3 is 2.76 bits per heavy atom. The van der Waals surface area contributed by atoms with Crippen molar-refractivity contribution >= 4 is 22.0 Å². The van der Waals surface area contributed by atoms with E-state index in [4.69, 9.17) is 4.98 Å². The number of rotatable bonds is 3. The Bertz CT molecular complexity index is 999. The fourth-order valence-electron chi connectivity index (χ4n) is 5.34. The number of thiazole rings is 1. The third-order valence-electron chi connectivity index (χ3n) is 7.38. The van der Waals surface area contributed by atoms with Crippen LogP contribution in [0.2, 0.25) is 0 Å². The van der Waals surface area contributed by atoms with Gasteiger partial charge in [-0.15, -0.1) is 11.3 Å². The Labute approximate surface area is 174 Å². The number of aryl methyl sites for hydroxylation is 1. The highest BCUT2D eigenvalue weighted by Gasteiger charge is 2.45. The summed E-state index contributed by atoms with van der Waals surface area (Å²) in [4.78, 5) is 30.2. The van der Waals surface area contributed by atoms with Crippen LogP contribution in [0.15, 0.2) is 22.4 Å². The van der Waals surface area contributed by atoms with E-state index in [1.165, 1.54) is 24.8 Å². The lowest BCUT2D eigenvalue weighted by atomic mass is 9.84. The molecule has 1 N–H and O–H groups in total. The van der Waals surface area contributed by atoms with Gasteiger partial charge in [-0.2, -0.15) is 0 Å². The average Bonchev–Trinajstić information content (AvgIpc) is 3.18. The molecule has 3 heterocycles. The number of hydrogen-bond donors (Lipinski definition) is 1. The number of aromatic amines is 1. The molecule has 0 bridgehead atoms. The highest BCUT2D eigenvalue weighted by atomic mass is 32.1. The normalized spacial score (nSPS) is 25.9. The van der Waals surface area contributed by atoms with Gasteiger partial charge in [-0.05, 0) is 55.9 Å². The van der Waals surface area contributed by atoms with Crippen molar-refractivity contribution in [2.45, 2.75) is 51.0 Å². The minimum absolute atomic E-state index is 0.109. The summed E-state index contributed by atoms with van der Waals surface area (Å²) in [6.07, 6.45) is 12.1. The quantitative estimate of drug-likeness (QED) is 0.845.